The van der Waals surface area contributed by atoms with Gasteiger partial charge in [-0.3, -0.25) is 4.79 Å². The molecule has 1 fully saturated rings. The van der Waals surface area contributed by atoms with Gasteiger partial charge in [0.2, 0.25) is 0 Å². The minimum absolute atomic E-state index is 0.0684. The lowest BCUT2D eigenvalue weighted by Crippen LogP contribution is -2.31. The van der Waals surface area contributed by atoms with Crippen molar-refractivity contribution in [3.63, 3.8) is 0 Å². The molecule has 3 nitrogen and oxygen atoms in total. The summed E-state index contributed by atoms with van der Waals surface area (Å²) in [5.74, 6) is -0.210. The molecule has 0 atom stereocenters. The first-order valence-electron chi connectivity index (χ1n) is 6.00. The summed E-state index contributed by atoms with van der Waals surface area (Å²) in [5.41, 5.74) is 0.817. The molecular weight excluding hydrogens is 226 g/mol. The summed E-state index contributed by atoms with van der Waals surface area (Å²) in [4.78, 5) is 12.1. The highest BCUT2D eigenvalue weighted by Gasteiger charge is 2.35. The van der Waals surface area contributed by atoms with Crippen LogP contribution in [-0.4, -0.2) is 16.6 Å². The smallest absolute Gasteiger partial charge is 0.168 e. The first-order chi connectivity index (χ1) is 8.41. The van der Waals surface area contributed by atoms with Crippen LogP contribution in [0.25, 0.3) is 5.76 Å². The third-order valence-electron chi connectivity index (χ3n) is 3.16. The van der Waals surface area contributed by atoms with E-state index < -0.39 is 0 Å². The van der Waals surface area contributed by atoms with E-state index >= 15 is 0 Å². The maximum atomic E-state index is 12.1. The predicted molar refractivity (Wildman–Crippen MR) is 71.7 cm³/mol. The highest BCUT2D eigenvalue weighted by atomic mass is 16.3. The summed E-state index contributed by atoms with van der Waals surface area (Å²) in [6.07, 6.45) is 0.895. The Kier molecular flexibility index (Phi) is 3.07. The molecule has 0 spiro atoms. The van der Waals surface area contributed by atoms with E-state index in [9.17, 15) is 9.90 Å². The summed E-state index contributed by atoms with van der Waals surface area (Å²) in [6.45, 7) is 3.94. The minimum Gasteiger partial charge on any atom is -0.506 e. The lowest BCUT2D eigenvalue weighted by atomic mass is 9.73. The van der Waals surface area contributed by atoms with Crippen molar-refractivity contribution in [1.82, 2.24) is 0 Å². The second-order valence-corrected chi connectivity index (χ2v) is 5.51. The number of hydrogen-bond acceptors (Lipinski definition) is 3. The topological polar surface area (TPSA) is 61.1 Å². The molecule has 0 amide bonds. The number of carbonyl (C=O) groups excluding carboxylic acids is 1. The van der Waals surface area contributed by atoms with Gasteiger partial charge in [0.15, 0.2) is 5.78 Å². The molecule has 0 radical (unpaired) electrons. The molecule has 94 valence electrons. The van der Waals surface area contributed by atoms with E-state index in [0.29, 0.717) is 18.4 Å². The van der Waals surface area contributed by atoms with Crippen LogP contribution in [0.15, 0.2) is 35.9 Å². The Labute approximate surface area is 107 Å². The molecule has 2 N–H and O–H groups in total. The van der Waals surface area contributed by atoms with Crippen molar-refractivity contribution in [2.24, 2.45) is 5.41 Å². The average molecular weight is 243 g/mol. The molecule has 1 aromatic carbocycles. The van der Waals surface area contributed by atoms with Crippen LogP contribution in [-0.2, 0) is 4.79 Å². The summed E-state index contributed by atoms with van der Waals surface area (Å²) in [6, 6.07) is 8.92. The monoisotopic (exact) mass is 243 g/mol. The van der Waals surface area contributed by atoms with Crippen LogP contribution in [0.4, 0.5) is 0 Å². The maximum absolute atomic E-state index is 12.1. The number of aliphatic hydroxyl groups excluding tert-OH is 1. The zero-order valence-electron chi connectivity index (χ0n) is 10.7. The molecule has 2 rings (SSSR count). The van der Waals surface area contributed by atoms with Crippen molar-refractivity contribution in [3.05, 3.63) is 41.5 Å². The highest BCUT2D eigenvalue weighted by Crippen LogP contribution is 2.35. The number of aliphatic hydroxyl groups is 1. The van der Waals surface area contributed by atoms with Gasteiger partial charge in [0, 0.05) is 17.7 Å². The molecule has 0 heterocycles. The fourth-order valence-electron chi connectivity index (χ4n) is 2.34. The van der Waals surface area contributed by atoms with E-state index in [1.54, 1.807) is 24.3 Å². The van der Waals surface area contributed by atoms with Crippen molar-refractivity contribution in [1.29, 1.82) is 5.41 Å². The van der Waals surface area contributed by atoms with Crippen molar-refractivity contribution >= 4 is 17.3 Å². The van der Waals surface area contributed by atoms with Gasteiger partial charge in [0.05, 0.1) is 5.57 Å². The molecule has 18 heavy (non-hydrogen) atoms. The van der Waals surface area contributed by atoms with Crippen LogP contribution < -0.4 is 0 Å². The van der Waals surface area contributed by atoms with E-state index in [-0.39, 0.29) is 28.2 Å². The number of Topliss-reactive ketones (excluding diaryl/α,β-unsaturated/α-hetero) is 1. The van der Waals surface area contributed by atoms with Gasteiger partial charge in [-0.25, -0.2) is 0 Å². The molecule has 1 aliphatic carbocycles. The van der Waals surface area contributed by atoms with E-state index in [0.717, 1.165) is 0 Å². The number of allylic oxidation sites excluding steroid dienone is 1. The zero-order chi connectivity index (χ0) is 13.3. The first-order valence-corrected chi connectivity index (χ1v) is 6.00. The Hall–Kier alpha value is -1.90. The second kappa shape index (κ2) is 4.41. The lowest BCUT2D eigenvalue weighted by Gasteiger charge is -2.30. The Morgan fingerprint density at radius 2 is 1.83 bits per heavy atom. The van der Waals surface area contributed by atoms with Crippen molar-refractivity contribution in [2.45, 2.75) is 26.7 Å². The first kappa shape index (κ1) is 12.6. The van der Waals surface area contributed by atoms with Crippen LogP contribution in [0.5, 0.6) is 0 Å². The Balaban J connectivity index is 2.44. The standard InChI is InChI=1S/C15H17NO2/c1-15(2)8-11(16)13(12(17)9-15)14(18)10-6-4-3-5-7-10/h3-7,16,18H,8-9H2,1-2H3. The highest BCUT2D eigenvalue weighted by molar-refractivity contribution is 6.27. The van der Waals surface area contributed by atoms with Crippen LogP contribution in [0.3, 0.4) is 0 Å². The molecule has 0 aliphatic heterocycles. The molecule has 0 aromatic heterocycles. The van der Waals surface area contributed by atoms with Gasteiger partial charge in [-0.2, -0.15) is 0 Å². The van der Waals surface area contributed by atoms with Gasteiger partial charge in [-0.15, -0.1) is 0 Å². The summed E-state index contributed by atoms with van der Waals surface area (Å²) < 4.78 is 0. The van der Waals surface area contributed by atoms with Gasteiger partial charge >= 0.3 is 0 Å². The Bertz CT molecular complexity index is 505. The second-order valence-electron chi connectivity index (χ2n) is 5.51. The van der Waals surface area contributed by atoms with E-state index in [1.165, 1.54) is 0 Å². The largest absolute Gasteiger partial charge is 0.506 e. The summed E-state index contributed by atoms with van der Waals surface area (Å²) in [7, 11) is 0. The normalized spacial score (nSPS) is 21.9. The summed E-state index contributed by atoms with van der Waals surface area (Å²) >= 11 is 0. The number of nitrogens with one attached hydrogen (secondary N) is 1. The number of benzene rings is 1. The lowest BCUT2D eigenvalue weighted by molar-refractivity contribution is -0.117. The molecule has 0 unspecified atom stereocenters. The van der Waals surface area contributed by atoms with Crippen molar-refractivity contribution in [3.8, 4) is 0 Å². The number of carbonyl (C=O) groups is 1. The third kappa shape index (κ3) is 2.35. The van der Waals surface area contributed by atoms with Crippen LogP contribution >= 0.6 is 0 Å². The van der Waals surface area contributed by atoms with Crippen LogP contribution in [0.2, 0.25) is 0 Å². The zero-order valence-corrected chi connectivity index (χ0v) is 10.7. The van der Waals surface area contributed by atoms with Crippen molar-refractivity contribution < 1.29 is 9.90 Å². The van der Waals surface area contributed by atoms with Gasteiger partial charge in [-0.1, -0.05) is 44.2 Å². The number of hydrogen-bond donors (Lipinski definition) is 2. The quantitative estimate of drug-likeness (QED) is 0.587. The average Bonchev–Trinajstić information content (AvgIpc) is 2.27. The fourth-order valence-corrected chi connectivity index (χ4v) is 2.34. The van der Waals surface area contributed by atoms with Gasteiger partial charge in [-0.05, 0) is 11.8 Å². The number of ketones is 1. The molecule has 1 saturated carbocycles. The predicted octanol–water partition coefficient (Wildman–Crippen LogP) is 3.36. The SMILES string of the molecule is CC1(C)CC(=N)C(=C(O)c2ccccc2)C(=O)C1. The van der Waals surface area contributed by atoms with Crippen LogP contribution in [0, 0.1) is 10.8 Å². The Morgan fingerprint density at radius 3 is 2.39 bits per heavy atom. The fraction of sp³-hybridized carbons (Fsp3) is 0.333. The summed E-state index contributed by atoms with van der Waals surface area (Å²) in [5, 5.41) is 18.1. The molecular formula is C15H17NO2. The number of rotatable bonds is 1. The van der Waals surface area contributed by atoms with Gasteiger partial charge < -0.3 is 10.5 Å². The molecule has 3 heteroatoms. The third-order valence-corrected chi connectivity index (χ3v) is 3.16. The molecule has 0 saturated heterocycles. The maximum Gasteiger partial charge on any atom is 0.168 e. The van der Waals surface area contributed by atoms with Gasteiger partial charge in [0.1, 0.15) is 5.76 Å². The van der Waals surface area contributed by atoms with E-state index in [4.69, 9.17) is 5.41 Å². The van der Waals surface area contributed by atoms with Crippen molar-refractivity contribution in [2.75, 3.05) is 0 Å². The van der Waals surface area contributed by atoms with E-state index in [1.807, 2.05) is 19.9 Å². The Morgan fingerprint density at radius 1 is 1.22 bits per heavy atom. The molecule has 1 aromatic rings. The minimum atomic E-state index is -0.186. The van der Waals surface area contributed by atoms with Crippen LogP contribution in [0.1, 0.15) is 32.3 Å². The molecule has 1 aliphatic rings. The van der Waals surface area contributed by atoms with E-state index in [2.05, 4.69) is 0 Å². The molecule has 0 bridgehead atoms. The van der Waals surface area contributed by atoms with Gasteiger partial charge in [0.25, 0.3) is 0 Å².